The Morgan fingerprint density at radius 1 is 1.04 bits per heavy atom. The first-order chi connectivity index (χ1) is 12.0. The third-order valence-corrected chi connectivity index (χ3v) is 3.61. The molecule has 0 spiro atoms. The van der Waals surface area contributed by atoms with Gasteiger partial charge in [0.05, 0.1) is 4.92 Å². The van der Waals surface area contributed by atoms with Crippen LogP contribution in [0.15, 0.2) is 48.8 Å². The van der Waals surface area contributed by atoms with Gasteiger partial charge in [-0.1, -0.05) is 30.3 Å². The predicted octanol–water partition coefficient (Wildman–Crippen LogP) is 4.38. The Bertz CT molecular complexity index is 943. The topological polar surface area (TPSA) is 81.0 Å². The summed E-state index contributed by atoms with van der Waals surface area (Å²) >= 11 is 0. The number of nitrogens with one attached hydrogen (secondary N) is 1. The highest BCUT2D eigenvalue weighted by Gasteiger charge is 2.26. The van der Waals surface area contributed by atoms with Gasteiger partial charge in [-0.3, -0.25) is 10.1 Å². The summed E-state index contributed by atoms with van der Waals surface area (Å²) < 4.78 is 27.7. The first-order valence-corrected chi connectivity index (χ1v) is 7.25. The molecule has 0 radical (unpaired) electrons. The van der Waals surface area contributed by atoms with Gasteiger partial charge in [0.2, 0.25) is 5.82 Å². The predicted molar refractivity (Wildman–Crippen MR) is 88.5 cm³/mol. The molecule has 0 fully saturated rings. The zero-order chi connectivity index (χ0) is 18.0. The SMILES string of the molecule is Cc1ccccc1-c1ncnc(Nc2c(F)cccc2F)c1[N+](=O)[O-]. The maximum atomic E-state index is 13.8. The number of hydrogen-bond donors (Lipinski definition) is 1. The van der Waals surface area contributed by atoms with Crippen molar-refractivity contribution in [1.29, 1.82) is 0 Å². The van der Waals surface area contributed by atoms with Gasteiger partial charge in [-0.25, -0.2) is 18.7 Å². The van der Waals surface area contributed by atoms with Crippen LogP contribution in [0.3, 0.4) is 0 Å². The minimum atomic E-state index is -0.884. The molecule has 0 aliphatic heterocycles. The molecule has 6 nitrogen and oxygen atoms in total. The van der Waals surface area contributed by atoms with Crippen molar-refractivity contribution in [2.45, 2.75) is 6.92 Å². The maximum absolute atomic E-state index is 13.8. The van der Waals surface area contributed by atoms with E-state index < -0.39 is 27.9 Å². The molecule has 1 N–H and O–H groups in total. The minimum absolute atomic E-state index is 0.0670. The molecule has 0 amide bonds. The van der Waals surface area contributed by atoms with Gasteiger partial charge >= 0.3 is 5.69 Å². The number of benzene rings is 2. The molecule has 2 aromatic carbocycles. The van der Waals surface area contributed by atoms with Crippen LogP contribution in [0, 0.1) is 28.7 Å². The van der Waals surface area contributed by atoms with E-state index in [0.717, 1.165) is 24.0 Å². The fourth-order valence-electron chi connectivity index (χ4n) is 2.41. The van der Waals surface area contributed by atoms with Crippen molar-refractivity contribution in [3.63, 3.8) is 0 Å². The van der Waals surface area contributed by atoms with Crippen LogP contribution in [-0.4, -0.2) is 14.9 Å². The number of hydrogen-bond acceptors (Lipinski definition) is 5. The molecule has 0 saturated heterocycles. The van der Waals surface area contributed by atoms with E-state index in [9.17, 15) is 18.9 Å². The Balaban J connectivity index is 2.17. The standard InChI is InChI=1S/C17H12F2N4O2/c1-10-5-2-3-6-11(10)14-16(23(24)25)17(21-9-20-14)22-15-12(18)7-4-8-13(15)19/h2-9H,1H3,(H,20,21,22). The van der Waals surface area contributed by atoms with Crippen LogP contribution < -0.4 is 5.32 Å². The highest BCUT2D eigenvalue weighted by atomic mass is 19.1. The van der Waals surface area contributed by atoms with E-state index in [2.05, 4.69) is 15.3 Å². The molecular weight excluding hydrogens is 330 g/mol. The molecule has 3 aromatic rings. The number of anilines is 2. The number of aromatic nitrogens is 2. The lowest BCUT2D eigenvalue weighted by molar-refractivity contribution is -0.383. The van der Waals surface area contributed by atoms with Crippen molar-refractivity contribution in [1.82, 2.24) is 9.97 Å². The van der Waals surface area contributed by atoms with Gasteiger partial charge in [-0.15, -0.1) is 0 Å². The van der Waals surface area contributed by atoms with Gasteiger partial charge in [-0.2, -0.15) is 0 Å². The number of halogens is 2. The summed E-state index contributed by atoms with van der Waals surface area (Å²) in [6.07, 6.45) is 1.11. The van der Waals surface area contributed by atoms with Gasteiger partial charge in [0.15, 0.2) is 5.69 Å². The molecule has 3 rings (SSSR count). The second-order valence-corrected chi connectivity index (χ2v) is 5.21. The molecule has 1 heterocycles. The largest absolute Gasteiger partial charge is 0.337 e. The lowest BCUT2D eigenvalue weighted by Crippen LogP contribution is -2.06. The normalized spacial score (nSPS) is 10.5. The summed E-state index contributed by atoms with van der Waals surface area (Å²) in [4.78, 5) is 18.7. The van der Waals surface area contributed by atoms with Gasteiger partial charge in [0.25, 0.3) is 0 Å². The minimum Gasteiger partial charge on any atom is -0.330 e. The zero-order valence-corrected chi connectivity index (χ0v) is 13.0. The first kappa shape index (κ1) is 16.4. The number of aryl methyl sites for hydroxylation is 1. The highest BCUT2D eigenvalue weighted by Crippen LogP contribution is 2.36. The van der Waals surface area contributed by atoms with E-state index in [1.165, 1.54) is 6.07 Å². The lowest BCUT2D eigenvalue weighted by Gasteiger charge is -2.11. The monoisotopic (exact) mass is 342 g/mol. The van der Waals surface area contributed by atoms with Crippen LogP contribution >= 0.6 is 0 Å². The first-order valence-electron chi connectivity index (χ1n) is 7.25. The summed E-state index contributed by atoms with van der Waals surface area (Å²) in [7, 11) is 0. The summed E-state index contributed by atoms with van der Waals surface area (Å²) in [5.41, 5.74) is 0.401. The highest BCUT2D eigenvalue weighted by molar-refractivity contribution is 5.80. The molecule has 0 aliphatic rings. The van der Waals surface area contributed by atoms with Crippen LogP contribution in [0.2, 0.25) is 0 Å². The summed E-state index contributed by atoms with van der Waals surface area (Å²) in [6, 6.07) is 10.3. The van der Waals surface area contributed by atoms with Crippen molar-refractivity contribution in [3.05, 3.63) is 76.1 Å². The second-order valence-electron chi connectivity index (χ2n) is 5.21. The number of para-hydroxylation sites is 1. The van der Waals surface area contributed by atoms with Crippen molar-refractivity contribution < 1.29 is 13.7 Å². The Morgan fingerprint density at radius 2 is 1.72 bits per heavy atom. The Morgan fingerprint density at radius 3 is 2.36 bits per heavy atom. The summed E-state index contributed by atoms with van der Waals surface area (Å²) in [5.74, 6) is -2.06. The van der Waals surface area contributed by atoms with E-state index in [4.69, 9.17) is 0 Å². The van der Waals surface area contributed by atoms with Crippen LogP contribution in [0.5, 0.6) is 0 Å². The number of nitro groups is 1. The second kappa shape index (κ2) is 6.60. The molecule has 126 valence electrons. The Hall–Kier alpha value is -3.42. The Labute approximate surface area is 141 Å². The average molecular weight is 342 g/mol. The zero-order valence-electron chi connectivity index (χ0n) is 13.0. The van der Waals surface area contributed by atoms with Crippen LogP contribution in [0.1, 0.15) is 5.56 Å². The molecule has 8 heteroatoms. The van der Waals surface area contributed by atoms with Gasteiger partial charge in [0.1, 0.15) is 23.6 Å². The molecule has 1 aromatic heterocycles. The number of rotatable bonds is 4. The average Bonchev–Trinajstić information content (AvgIpc) is 2.58. The molecular formula is C17H12F2N4O2. The van der Waals surface area contributed by atoms with Crippen LogP contribution in [0.4, 0.5) is 26.0 Å². The fourth-order valence-corrected chi connectivity index (χ4v) is 2.41. The third-order valence-electron chi connectivity index (χ3n) is 3.61. The van der Waals surface area contributed by atoms with E-state index >= 15 is 0 Å². The third kappa shape index (κ3) is 3.14. The number of nitrogens with zero attached hydrogens (tertiary/aromatic N) is 3. The van der Waals surface area contributed by atoms with Crippen molar-refractivity contribution in [2.24, 2.45) is 0 Å². The molecule has 0 aliphatic carbocycles. The fraction of sp³-hybridized carbons (Fsp3) is 0.0588. The smallest absolute Gasteiger partial charge is 0.330 e. The summed E-state index contributed by atoms with van der Waals surface area (Å²) in [5, 5.41) is 14.0. The molecule has 25 heavy (non-hydrogen) atoms. The van der Waals surface area contributed by atoms with Crippen LogP contribution in [-0.2, 0) is 0 Å². The molecule has 0 unspecified atom stereocenters. The molecule has 0 saturated carbocycles. The lowest BCUT2D eigenvalue weighted by atomic mass is 10.0. The van der Waals surface area contributed by atoms with E-state index in [0.29, 0.717) is 5.56 Å². The van der Waals surface area contributed by atoms with Gasteiger partial charge < -0.3 is 5.32 Å². The quantitative estimate of drug-likeness (QED) is 0.562. The van der Waals surface area contributed by atoms with Gasteiger partial charge in [0, 0.05) is 5.56 Å². The van der Waals surface area contributed by atoms with E-state index in [-0.39, 0.29) is 11.5 Å². The van der Waals surface area contributed by atoms with E-state index in [1.807, 2.05) is 0 Å². The van der Waals surface area contributed by atoms with Crippen LogP contribution in [0.25, 0.3) is 11.3 Å². The maximum Gasteiger partial charge on any atom is 0.337 e. The van der Waals surface area contributed by atoms with Gasteiger partial charge in [-0.05, 0) is 24.6 Å². The van der Waals surface area contributed by atoms with Crippen molar-refractivity contribution in [3.8, 4) is 11.3 Å². The summed E-state index contributed by atoms with van der Waals surface area (Å²) in [6.45, 7) is 1.78. The Kier molecular flexibility index (Phi) is 4.34. The van der Waals surface area contributed by atoms with Crippen molar-refractivity contribution >= 4 is 17.2 Å². The molecule has 0 atom stereocenters. The molecule has 0 bridgehead atoms. The van der Waals surface area contributed by atoms with Crippen molar-refractivity contribution in [2.75, 3.05) is 5.32 Å². The van der Waals surface area contributed by atoms with E-state index in [1.54, 1.807) is 31.2 Å².